The lowest BCUT2D eigenvalue weighted by Crippen LogP contribution is -2.17. The third kappa shape index (κ3) is 6.29. The lowest BCUT2D eigenvalue weighted by Gasteiger charge is -2.02. The summed E-state index contributed by atoms with van der Waals surface area (Å²) in [5.41, 5.74) is 5.79. The van der Waals surface area contributed by atoms with Crippen molar-refractivity contribution in [3.05, 3.63) is 107 Å². The Morgan fingerprint density at radius 2 is 1.55 bits per heavy atom. The third-order valence-electron chi connectivity index (χ3n) is 4.00. The molecule has 0 aliphatic heterocycles. The number of carbonyl (C=O) groups is 2. The van der Waals surface area contributed by atoms with Crippen LogP contribution in [-0.4, -0.2) is 18.1 Å². The highest BCUT2D eigenvalue weighted by Gasteiger charge is 2.03. The highest BCUT2D eigenvalue weighted by Crippen LogP contribution is 2.12. The van der Waals surface area contributed by atoms with Crippen LogP contribution in [0.4, 0.5) is 0 Å². The third-order valence-corrected chi connectivity index (χ3v) is 4.00. The van der Waals surface area contributed by atoms with Crippen molar-refractivity contribution in [1.82, 2.24) is 5.43 Å². The minimum atomic E-state index is -0.458. The molecule has 3 aromatic carbocycles. The maximum Gasteiger partial charge on any atom is 0.336 e. The number of esters is 1. The van der Waals surface area contributed by atoms with E-state index in [9.17, 15) is 9.59 Å². The number of hydrazone groups is 1. The summed E-state index contributed by atoms with van der Waals surface area (Å²) < 4.78 is 5.26. The fourth-order valence-corrected chi connectivity index (χ4v) is 2.44. The maximum atomic E-state index is 12.0. The van der Waals surface area contributed by atoms with Crippen LogP contribution in [-0.2, 0) is 4.79 Å². The number of rotatable bonds is 6. The van der Waals surface area contributed by atoms with Crippen LogP contribution < -0.4 is 10.2 Å². The second kappa shape index (κ2) is 9.80. The van der Waals surface area contributed by atoms with Gasteiger partial charge in [-0.25, -0.2) is 10.2 Å². The topological polar surface area (TPSA) is 67.8 Å². The number of aryl methyl sites for hydroxylation is 1. The molecule has 0 saturated heterocycles. The summed E-state index contributed by atoms with van der Waals surface area (Å²) in [6.07, 6.45) is 4.60. The largest absolute Gasteiger partial charge is 0.423 e. The summed E-state index contributed by atoms with van der Waals surface area (Å²) in [5, 5.41) is 3.95. The Morgan fingerprint density at radius 1 is 0.862 bits per heavy atom. The van der Waals surface area contributed by atoms with Gasteiger partial charge in [0.05, 0.1) is 6.21 Å². The van der Waals surface area contributed by atoms with E-state index in [0.717, 1.165) is 16.7 Å². The monoisotopic (exact) mass is 384 g/mol. The molecule has 29 heavy (non-hydrogen) atoms. The molecule has 5 nitrogen and oxygen atoms in total. The summed E-state index contributed by atoms with van der Waals surface area (Å²) in [6.45, 7) is 1.96. The number of hydrogen-bond donors (Lipinski definition) is 1. The van der Waals surface area contributed by atoms with Crippen molar-refractivity contribution in [3.8, 4) is 5.75 Å². The first-order valence-corrected chi connectivity index (χ1v) is 9.05. The number of nitrogens with zero attached hydrogens (tertiary/aromatic N) is 1. The molecule has 0 atom stereocenters. The Bertz CT molecular complexity index is 1020. The van der Waals surface area contributed by atoms with Gasteiger partial charge in [-0.05, 0) is 60.5 Å². The van der Waals surface area contributed by atoms with Crippen molar-refractivity contribution in [2.45, 2.75) is 6.92 Å². The molecule has 0 saturated carbocycles. The van der Waals surface area contributed by atoms with Crippen LogP contribution in [0.5, 0.6) is 5.75 Å². The van der Waals surface area contributed by atoms with Crippen molar-refractivity contribution in [1.29, 1.82) is 0 Å². The van der Waals surface area contributed by atoms with Gasteiger partial charge >= 0.3 is 5.97 Å². The van der Waals surface area contributed by atoms with Crippen LogP contribution in [0.15, 0.2) is 90.0 Å². The van der Waals surface area contributed by atoms with E-state index in [2.05, 4.69) is 10.5 Å². The van der Waals surface area contributed by atoms with Crippen molar-refractivity contribution in [2.75, 3.05) is 0 Å². The molecular formula is C24H20N2O3. The molecule has 144 valence electrons. The molecular weight excluding hydrogens is 364 g/mol. The smallest absolute Gasteiger partial charge is 0.336 e. The van der Waals surface area contributed by atoms with Crippen LogP contribution in [0.1, 0.15) is 27.0 Å². The number of benzene rings is 3. The Morgan fingerprint density at radius 3 is 2.24 bits per heavy atom. The predicted molar refractivity (Wildman–Crippen MR) is 114 cm³/mol. The van der Waals surface area contributed by atoms with Gasteiger partial charge in [0, 0.05) is 11.6 Å². The molecule has 0 heterocycles. The summed E-state index contributed by atoms with van der Waals surface area (Å²) in [5.74, 6) is -0.314. The second-order valence-electron chi connectivity index (χ2n) is 6.30. The zero-order chi connectivity index (χ0) is 20.5. The molecule has 0 spiro atoms. The Balaban J connectivity index is 1.51. The van der Waals surface area contributed by atoms with Crippen LogP contribution in [0, 0.1) is 6.92 Å². The standard InChI is InChI=1S/C24H20N2O3/c1-18-7-12-21(13-8-18)24(28)26-25-17-20-9-14-22(15-10-20)29-23(27)16-11-19-5-3-2-4-6-19/h2-17H,1H3,(H,26,28)/b16-11+,25-17+. The molecule has 5 heteroatoms. The van der Waals surface area contributed by atoms with Gasteiger partial charge in [0.25, 0.3) is 5.91 Å². The first-order valence-electron chi connectivity index (χ1n) is 9.05. The molecule has 1 N–H and O–H groups in total. The molecule has 0 fully saturated rings. The molecule has 0 unspecified atom stereocenters. The normalized spacial score (nSPS) is 10.9. The highest BCUT2D eigenvalue weighted by molar-refractivity contribution is 5.95. The summed E-state index contributed by atoms with van der Waals surface area (Å²) in [7, 11) is 0. The summed E-state index contributed by atoms with van der Waals surface area (Å²) >= 11 is 0. The molecule has 3 aromatic rings. The number of nitrogens with one attached hydrogen (secondary N) is 1. The zero-order valence-electron chi connectivity index (χ0n) is 15.9. The Labute approximate surface area is 169 Å². The van der Waals surface area contributed by atoms with Gasteiger partial charge in [-0.3, -0.25) is 4.79 Å². The summed E-state index contributed by atoms with van der Waals surface area (Å²) in [6, 6.07) is 23.5. The molecule has 0 aromatic heterocycles. The highest BCUT2D eigenvalue weighted by atomic mass is 16.5. The average Bonchev–Trinajstić information content (AvgIpc) is 2.75. The minimum Gasteiger partial charge on any atom is -0.423 e. The Hall–Kier alpha value is -3.99. The number of ether oxygens (including phenoxy) is 1. The van der Waals surface area contributed by atoms with E-state index in [1.165, 1.54) is 12.3 Å². The molecule has 3 rings (SSSR count). The molecule has 0 radical (unpaired) electrons. The Kier molecular flexibility index (Phi) is 6.68. The lowest BCUT2D eigenvalue weighted by molar-refractivity contribution is -0.128. The average molecular weight is 384 g/mol. The van der Waals surface area contributed by atoms with E-state index in [-0.39, 0.29) is 5.91 Å². The first kappa shape index (κ1) is 19.8. The van der Waals surface area contributed by atoms with Gasteiger partial charge < -0.3 is 4.74 Å². The van der Waals surface area contributed by atoms with E-state index < -0.39 is 5.97 Å². The minimum absolute atomic E-state index is 0.281. The SMILES string of the molecule is Cc1ccc(C(=O)N/N=C/c2ccc(OC(=O)/C=C/c3ccccc3)cc2)cc1. The van der Waals surface area contributed by atoms with E-state index in [0.29, 0.717) is 11.3 Å². The van der Waals surface area contributed by atoms with Crippen molar-refractivity contribution in [3.63, 3.8) is 0 Å². The molecule has 0 bridgehead atoms. The zero-order valence-corrected chi connectivity index (χ0v) is 15.9. The van der Waals surface area contributed by atoms with Gasteiger partial charge in [0.2, 0.25) is 0 Å². The molecule has 0 aliphatic rings. The second-order valence-corrected chi connectivity index (χ2v) is 6.30. The number of amides is 1. The number of carbonyl (C=O) groups excluding carboxylic acids is 2. The fraction of sp³-hybridized carbons (Fsp3) is 0.0417. The first-order chi connectivity index (χ1) is 14.1. The van der Waals surface area contributed by atoms with Gasteiger partial charge in [0.15, 0.2) is 0 Å². The van der Waals surface area contributed by atoms with Crippen LogP contribution >= 0.6 is 0 Å². The fourth-order valence-electron chi connectivity index (χ4n) is 2.44. The summed E-state index contributed by atoms with van der Waals surface area (Å²) in [4.78, 5) is 23.9. The maximum absolute atomic E-state index is 12.0. The predicted octanol–water partition coefficient (Wildman–Crippen LogP) is 4.38. The van der Waals surface area contributed by atoms with Crippen LogP contribution in [0.2, 0.25) is 0 Å². The van der Waals surface area contributed by atoms with Gasteiger partial charge in [-0.2, -0.15) is 5.10 Å². The molecule has 1 amide bonds. The van der Waals surface area contributed by atoms with Crippen molar-refractivity contribution in [2.24, 2.45) is 5.10 Å². The van der Waals surface area contributed by atoms with Crippen molar-refractivity contribution < 1.29 is 14.3 Å². The van der Waals surface area contributed by atoms with E-state index in [1.807, 2.05) is 49.4 Å². The van der Waals surface area contributed by atoms with Crippen molar-refractivity contribution >= 4 is 24.2 Å². The van der Waals surface area contributed by atoms with E-state index in [4.69, 9.17) is 4.74 Å². The van der Waals surface area contributed by atoms with E-state index >= 15 is 0 Å². The van der Waals surface area contributed by atoms with Gasteiger partial charge in [-0.15, -0.1) is 0 Å². The van der Waals surface area contributed by atoms with Crippen LogP contribution in [0.3, 0.4) is 0 Å². The number of hydrogen-bond acceptors (Lipinski definition) is 4. The van der Waals surface area contributed by atoms with Crippen LogP contribution in [0.25, 0.3) is 6.08 Å². The lowest BCUT2D eigenvalue weighted by atomic mass is 10.1. The van der Waals surface area contributed by atoms with Gasteiger partial charge in [-0.1, -0.05) is 48.0 Å². The van der Waals surface area contributed by atoms with E-state index in [1.54, 1.807) is 42.5 Å². The quantitative estimate of drug-likeness (QED) is 0.225. The molecule has 0 aliphatic carbocycles. The van der Waals surface area contributed by atoms with Gasteiger partial charge in [0.1, 0.15) is 5.75 Å².